The van der Waals surface area contributed by atoms with Gasteiger partial charge in [0.2, 0.25) is 5.91 Å². The van der Waals surface area contributed by atoms with Crippen molar-refractivity contribution in [2.24, 2.45) is 11.8 Å². The van der Waals surface area contributed by atoms with E-state index in [-0.39, 0.29) is 29.3 Å². The van der Waals surface area contributed by atoms with Crippen LogP contribution in [0, 0.1) is 23.2 Å². The average Bonchev–Trinajstić information content (AvgIpc) is 2.70. The Morgan fingerprint density at radius 1 is 1.03 bits per heavy atom. The van der Waals surface area contributed by atoms with Gasteiger partial charge in [-0.3, -0.25) is 4.79 Å². The number of carbonyl (C=O) groups is 1. The molecule has 2 rings (SSSR count). The summed E-state index contributed by atoms with van der Waals surface area (Å²) < 4.78 is 65.4. The summed E-state index contributed by atoms with van der Waals surface area (Å²) in [4.78, 5) is 12.6. The second-order valence-corrected chi connectivity index (χ2v) is 10.1. The summed E-state index contributed by atoms with van der Waals surface area (Å²) in [7, 11) is -3.35. The first-order valence-electron chi connectivity index (χ1n) is 9.96. The zero-order valence-corrected chi connectivity index (χ0v) is 18.8. The Hall–Kier alpha value is -2.86. The Labute approximate surface area is 186 Å². The molecule has 9 heteroatoms. The fourth-order valence-corrected chi connectivity index (χ4v) is 4.22. The molecule has 0 saturated carbocycles. The number of nitriles is 1. The minimum absolute atomic E-state index is 0.0101. The van der Waals surface area contributed by atoms with Crippen LogP contribution in [-0.4, -0.2) is 33.3 Å². The molecule has 0 aromatic heterocycles. The van der Waals surface area contributed by atoms with Crippen molar-refractivity contribution in [2.75, 3.05) is 12.8 Å². The van der Waals surface area contributed by atoms with Crippen molar-refractivity contribution < 1.29 is 26.4 Å². The lowest BCUT2D eigenvalue weighted by Gasteiger charge is -2.29. The number of hydrogen-bond donors (Lipinski definition) is 1. The number of rotatable bonds is 8. The lowest BCUT2D eigenvalue weighted by atomic mass is 9.79. The largest absolute Gasteiger partial charge is 0.396 e. The molecule has 0 radical (unpaired) electrons. The topological polar surface area (TPSA) is 87.0 Å². The Bertz CT molecular complexity index is 1070. The second kappa shape index (κ2) is 10.2. The number of benzene rings is 2. The van der Waals surface area contributed by atoms with E-state index in [1.807, 2.05) is 0 Å². The predicted molar refractivity (Wildman–Crippen MR) is 115 cm³/mol. The van der Waals surface area contributed by atoms with Gasteiger partial charge in [0.05, 0.1) is 22.8 Å². The van der Waals surface area contributed by atoms with Crippen molar-refractivity contribution in [3.05, 3.63) is 54.1 Å². The number of carbonyl (C=O) groups excluding carboxylic acids is 1. The Morgan fingerprint density at radius 3 is 1.94 bits per heavy atom. The summed E-state index contributed by atoms with van der Waals surface area (Å²) in [5.41, 5.74) is 1.22. The molecule has 1 N–H and O–H groups in total. The van der Waals surface area contributed by atoms with Crippen LogP contribution in [0.4, 0.5) is 13.2 Å². The van der Waals surface area contributed by atoms with Crippen molar-refractivity contribution in [1.29, 1.82) is 5.26 Å². The summed E-state index contributed by atoms with van der Waals surface area (Å²) >= 11 is 0. The van der Waals surface area contributed by atoms with E-state index >= 15 is 0 Å². The standard InChI is InChI=1S/C23H25F3N2O3S/c1-15(2)14-20(22(29)28-13-12-27)21(23(24,25)26)18-6-4-16(5-7-18)17-8-10-19(11-9-17)32(3,30)31/h4-11,15,20-21H,13-14H2,1-3H3,(H,28,29)/t20-,21+/m0/s1. The number of sulfone groups is 1. The highest BCUT2D eigenvalue weighted by atomic mass is 32.2. The van der Waals surface area contributed by atoms with Gasteiger partial charge >= 0.3 is 6.18 Å². The molecule has 2 atom stereocenters. The van der Waals surface area contributed by atoms with Crippen LogP contribution < -0.4 is 5.32 Å². The number of alkyl halides is 3. The SMILES string of the molecule is CC(C)C[C@H](C(=O)NCC#N)[C@@H](c1ccc(-c2ccc(S(C)(=O)=O)cc2)cc1)C(F)(F)F. The van der Waals surface area contributed by atoms with E-state index in [9.17, 15) is 26.4 Å². The number of nitrogens with one attached hydrogen (secondary N) is 1. The maximum absolute atomic E-state index is 14.1. The first-order chi connectivity index (χ1) is 14.8. The van der Waals surface area contributed by atoms with Gasteiger partial charge in [0.15, 0.2) is 9.84 Å². The lowest BCUT2D eigenvalue weighted by Crippen LogP contribution is -2.40. The highest BCUT2D eigenvalue weighted by Gasteiger charge is 2.48. The highest BCUT2D eigenvalue weighted by Crippen LogP contribution is 2.43. The molecule has 0 saturated heterocycles. The van der Waals surface area contributed by atoms with Crippen LogP contribution in [0.15, 0.2) is 53.4 Å². The molecule has 5 nitrogen and oxygen atoms in total. The minimum Gasteiger partial charge on any atom is -0.343 e. The fraction of sp³-hybridized carbons (Fsp3) is 0.391. The number of halogens is 3. The van der Waals surface area contributed by atoms with E-state index in [2.05, 4.69) is 5.32 Å². The lowest BCUT2D eigenvalue weighted by molar-refractivity contribution is -0.169. The van der Waals surface area contributed by atoms with E-state index in [0.29, 0.717) is 11.1 Å². The van der Waals surface area contributed by atoms with Gasteiger partial charge in [0.25, 0.3) is 0 Å². The quantitative estimate of drug-likeness (QED) is 0.571. The van der Waals surface area contributed by atoms with Gasteiger partial charge in [-0.25, -0.2) is 8.42 Å². The van der Waals surface area contributed by atoms with Gasteiger partial charge in [0, 0.05) is 6.26 Å². The second-order valence-electron chi connectivity index (χ2n) is 8.05. The van der Waals surface area contributed by atoms with Gasteiger partial charge in [-0.05, 0) is 41.2 Å². The molecule has 0 unspecified atom stereocenters. The molecule has 0 fully saturated rings. The first-order valence-corrected chi connectivity index (χ1v) is 11.9. The summed E-state index contributed by atoms with van der Waals surface area (Å²) in [5, 5.41) is 10.9. The van der Waals surface area contributed by atoms with Gasteiger partial charge in [-0.1, -0.05) is 50.2 Å². The molecule has 2 aromatic carbocycles. The van der Waals surface area contributed by atoms with Crippen LogP contribution in [0.25, 0.3) is 11.1 Å². The maximum atomic E-state index is 14.1. The minimum atomic E-state index is -4.66. The Morgan fingerprint density at radius 2 is 1.53 bits per heavy atom. The molecule has 0 aliphatic heterocycles. The molecule has 1 amide bonds. The molecular formula is C23H25F3N2O3S. The van der Waals surface area contributed by atoms with Gasteiger partial charge in [0.1, 0.15) is 6.54 Å². The molecule has 0 bridgehead atoms. The number of amides is 1. The summed E-state index contributed by atoms with van der Waals surface area (Å²) in [6.07, 6.45) is -3.56. The van der Waals surface area contributed by atoms with Crippen molar-refractivity contribution in [2.45, 2.75) is 37.3 Å². The van der Waals surface area contributed by atoms with Gasteiger partial charge in [-0.15, -0.1) is 0 Å². The number of hydrogen-bond acceptors (Lipinski definition) is 4. The van der Waals surface area contributed by atoms with Gasteiger partial charge < -0.3 is 5.32 Å². The highest BCUT2D eigenvalue weighted by molar-refractivity contribution is 7.90. The van der Waals surface area contributed by atoms with Crippen LogP contribution in [0.3, 0.4) is 0 Å². The summed E-state index contributed by atoms with van der Waals surface area (Å²) in [6, 6.07) is 13.5. The Kier molecular flexibility index (Phi) is 8.07. The van der Waals surface area contributed by atoms with Crippen molar-refractivity contribution in [1.82, 2.24) is 5.32 Å². The first kappa shape index (κ1) is 25.4. The molecule has 32 heavy (non-hydrogen) atoms. The van der Waals surface area contributed by atoms with Crippen LogP contribution in [-0.2, 0) is 14.6 Å². The number of nitrogens with zero attached hydrogens (tertiary/aromatic N) is 1. The van der Waals surface area contributed by atoms with Crippen molar-refractivity contribution >= 4 is 15.7 Å². The van der Waals surface area contributed by atoms with E-state index in [4.69, 9.17) is 5.26 Å². The molecule has 172 valence electrons. The molecule has 0 spiro atoms. The summed E-state index contributed by atoms with van der Waals surface area (Å²) in [6.45, 7) is 3.11. The normalized spacial score (nSPS) is 13.9. The van der Waals surface area contributed by atoms with E-state index < -0.39 is 33.8 Å². The van der Waals surface area contributed by atoms with Crippen molar-refractivity contribution in [3.63, 3.8) is 0 Å². The summed E-state index contributed by atoms with van der Waals surface area (Å²) in [5.74, 6) is -4.36. The van der Waals surface area contributed by atoms with Gasteiger partial charge in [-0.2, -0.15) is 18.4 Å². The average molecular weight is 467 g/mol. The molecule has 0 heterocycles. The van der Waals surface area contributed by atoms with Crippen LogP contribution in [0.1, 0.15) is 31.7 Å². The molecule has 0 aliphatic carbocycles. The smallest absolute Gasteiger partial charge is 0.343 e. The van der Waals surface area contributed by atoms with E-state index in [1.165, 1.54) is 36.4 Å². The monoisotopic (exact) mass is 466 g/mol. The zero-order valence-electron chi connectivity index (χ0n) is 18.0. The van der Waals surface area contributed by atoms with Crippen molar-refractivity contribution in [3.8, 4) is 17.2 Å². The molecule has 0 aliphatic rings. The molecular weight excluding hydrogens is 441 g/mol. The third-order valence-corrected chi connectivity index (χ3v) is 6.17. The predicted octanol–water partition coefficient (Wildman–Crippen LogP) is 4.71. The molecule has 2 aromatic rings. The zero-order chi connectivity index (χ0) is 24.1. The van der Waals surface area contributed by atoms with Crippen LogP contribution in [0.5, 0.6) is 0 Å². The van der Waals surface area contributed by atoms with Crippen LogP contribution >= 0.6 is 0 Å². The maximum Gasteiger partial charge on any atom is 0.396 e. The van der Waals surface area contributed by atoms with Crippen LogP contribution in [0.2, 0.25) is 0 Å². The fourth-order valence-electron chi connectivity index (χ4n) is 3.59. The van der Waals surface area contributed by atoms with E-state index in [0.717, 1.165) is 6.26 Å². The Balaban J connectivity index is 2.41. The third kappa shape index (κ3) is 6.57. The third-order valence-electron chi connectivity index (χ3n) is 5.04. The van der Waals surface area contributed by atoms with E-state index in [1.54, 1.807) is 32.0 Å².